The van der Waals surface area contributed by atoms with Gasteiger partial charge in [0.2, 0.25) is 5.82 Å². The van der Waals surface area contributed by atoms with Crippen molar-refractivity contribution in [1.82, 2.24) is 9.55 Å². The van der Waals surface area contributed by atoms with Crippen LogP contribution in [-0.4, -0.2) is 9.55 Å². The van der Waals surface area contributed by atoms with Crippen LogP contribution >= 0.6 is 15.9 Å². The number of hydrogen-bond acceptors (Lipinski definition) is 3. The molecule has 2 N–H and O–H groups in total. The quantitative estimate of drug-likeness (QED) is 0.924. The Kier molecular flexibility index (Phi) is 3.27. The first-order chi connectivity index (χ1) is 8.13. The van der Waals surface area contributed by atoms with E-state index in [1.807, 2.05) is 25.1 Å². The molecular formula is C12H11BrN4. The van der Waals surface area contributed by atoms with Crippen molar-refractivity contribution in [3.05, 3.63) is 46.5 Å². The molecule has 1 unspecified atom stereocenters. The van der Waals surface area contributed by atoms with Crippen LogP contribution in [-0.2, 0) is 0 Å². The summed E-state index contributed by atoms with van der Waals surface area (Å²) in [5, 5.41) is 8.99. The molecular weight excluding hydrogens is 280 g/mol. The van der Waals surface area contributed by atoms with Crippen LogP contribution in [0.4, 0.5) is 0 Å². The maximum Gasteiger partial charge on any atom is 0.217 e. The van der Waals surface area contributed by atoms with E-state index in [4.69, 9.17) is 11.0 Å². The van der Waals surface area contributed by atoms with Crippen molar-refractivity contribution < 1.29 is 0 Å². The van der Waals surface area contributed by atoms with E-state index in [-0.39, 0.29) is 6.04 Å². The third kappa shape index (κ3) is 2.23. The Labute approximate surface area is 108 Å². The third-order valence-corrected chi connectivity index (χ3v) is 2.98. The lowest BCUT2D eigenvalue weighted by atomic mass is 10.1. The first-order valence-electron chi connectivity index (χ1n) is 5.12. The number of nitriles is 1. The summed E-state index contributed by atoms with van der Waals surface area (Å²) in [5.41, 5.74) is 7.78. The maximum absolute atomic E-state index is 8.99. The van der Waals surface area contributed by atoms with Crippen LogP contribution in [0.25, 0.3) is 5.69 Å². The summed E-state index contributed by atoms with van der Waals surface area (Å²) in [5.74, 6) is 0.352. The van der Waals surface area contributed by atoms with E-state index in [2.05, 4.69) is 27.0 Å². The van der Waals surface area contributed by atoms with Gasteiger partial charge in [-0.3, -0.25) is 4.57 Å². The Hall–Kier alpha value is -1.64. The standard InChI is InChI=1S/C12H11BrN4/c1-8(15)10-3-2-9(13)6-11(10)17-5-4-16-12(17)7-14/h2-6,8H,15H2,1H3. The summed E-state index contributed by atoms with van der Waals surface area (Å²) >= 11 is 3.42. The summed E-state index contributed by atoms with van der Waals surface area (Å²) in [6.45, 7) is 1.91. The molecule has 0 aliphatic heterocycles. The van der Waals surface area contributed by atoms with E-state index in [1.54, 1.807) is 17.0 Å². The molecule has 0 aliphatic carbocycles. The van der Waals surface area contributed by atoms with E-state index in [0.29, 0.717) is 5.82 Å². The van der Waals surface area contributed by atoms with Gasteiger partial charge in [0.1, 0.15) is 6.07 Å². The molecule has 0 bridgehead atoms. The van der Waals surface area contributed by atoms with Crippen LogP contribution < -0.4 is 5.73 Å². The van der Waals surface area contributed by atoms with Crippen LogP contribution in [0.2, 0.25) is 0 Å². The number of rotatable bonds is 2. The van der Waals surface area contributed by atoms with Crippen LogP contribution in [0.1, 0.15) is 24.4 Å². The van der Waals surface area contributed by atoms with Gasteiger partial charge >= 0.3 is 0 Å². The fraction of sp³-hybridized carbons (Fsp3) is 0.167. The van der Waals surface area contributed by atoms with E-state index in [9.17, 15) is 0 Å². The highest BCUT2D eigenvalue weighted by atomic mass is 79.9. The van der Waals surface area contributed by atoms with Crippen LogP contribution in [0, 0.1) is 11.3 Å². The predicted molar refractivity (Wildman–Crippen MR) is 68.6 cm³/mol. The Bertz CT molecular complexity index is 580. The lowest BCUT2D eigenvalue weighted by Crippen LogP contribution is -2.10. The highest BCUT2D eigenvalue weighted by Crippen LogP contribution is 2.25. The molecule has 4 nitrogen and oxygen atoms in total. The normalized spacial score (nSPS) is 12.1. The van der Waals surface area contributed by atoms with Crippen molar-refractivity contribution in [3.63, 3.8) is 0 Å². The molecule has 5 heteroatoms. The average Bonchev–Trinajstić information content (AvgIpc) is 2.76. The van der Waals surface area contributed by atoms with Gasteiger partial charge in [-0.15, -0.1) is 0 Å². The topological polar surface area (TPSA) is 67.6 Å². The molecule has 0 amide bonds. The largest absolute Gasteiger partial charge is 0.324 e. The van der Waals surface area contributed by atoms with Crippen LogP contribution in [0.15, 0.2) is 35.1 Å². The minimum absolute atomic E-state index is 0.105. The second-order valence-corrected chi connectivity index (χ2v) is 4.64. The molecule has 2 rings (SSSR count). The first kappa shape index (κ1) is 11.8. The fourth-order valence-electron chi connectivity index (χ4n) is 1.69. The molecule has 86 valence electrons. The minimum Gasteiger partial charge on any atom is -0.324 e. The zero-order valence-corrected chi connectivity index (χ0v) is 10.8. The third-order valence-electron chi connectivity index (χ3n) is 2.48. The Morgan fingerprint density at radius 2 is 2.29 bits per heavy atom. The fourth-order valence-corrected chi connectivity index (χ4v) is 2.04. The van der Waals surface area contributed by atoms with E-state index in [1.165, 1.54) is 0 Å². The van der Waals surface area contributed by atoms with E-state index < -0.39 is 0 Å². The lowest BCUT2D eigenvalue weighted by Gasteiger charge is -2.14. The molecule has 2 aromatic rings. The second kappa shape index (κ2) is 4.70. The number of hydrogen-bond donors (Lipinski definition) is 1. The van der Waals surface area contributed by atoms with Crippen molar-refractivity contribution in [1.29, 1.82) is 5.26 Å². The zero-order valence-electron chi connectivity index (χ0n) is 9.26. The summed E-state index contributed by atoms with van der Waals surface area (Å²) < 4.78 is 2.68. The molecule has 17 heavy (non-hydrogen) atoms. The molecule has 0 saturated carbocycles. The molecule has 1 atom stereocenters. The highest BCUT2D eigenvalue weighted by Gasteiger charge is 2.12. The summed E-state index contributed by atoms with van der Waals surface area (Å²) in [4.78, 5) is 3.99. The molecule has 1 aromatic carbocycles. The van der Waals surface area contributed by atoms with E-state index in [0.717, 1.165) is 15.7 Å². The molecule has 0 radical (unpaired) electrons. The summed E-state index contributed by atoms with van der Waals surface area (Å²) in [7, 11) is 0. The lowest BCUT2D eigenvalue weighted by molar-refractivity contribution is 0.801. The zero-order chi connectivity index (χ0) is 12.4. The van der Waals surface area contributed by atoms with Crippen molar-refractivity contribution in [2.24, 2.45) is 5.73 Å². The maximum atomic E-state index is 8.99. The average molecular weight is 291 g/mol. The SMILES string of the molecule is CC(N)c1ccc(Br)cc1-n1ccnc1C#N. The van der Waals surface area contributed by atoms with Gasteiger partial charge in [0, 0.05) is 22.9 Å². The Balaban J connectivity index is 2.66. The van der Waals surface area contributed by atoms with Gasteiger partial charge in [-0.25, -0.2) is 4.98 Å². The number of nitrogens with two attached hydrogens (primary N) is 1. The Morgan fingerprint density at radius 3 is 2.94 bits per heavy atom. The summed E-state index contributed by atoms with van der Waals surface area (Å²) in [6.07, 6.45) is 3.36. The van der Waals surface area contributed by atoms with Crippen molar-refractivity contribution in [2.45, 2.75) is 13.0 Å². The van der Waals surface area contributed by atoms with Gasteiger partial charge in [-0.1, -0.05) is 22.0 Å². The van der Waals surface area contributed by atoms with Crippen LogP contribution in [0.5, 0.6) is 0 Å². The molecule has 0 aliphatic rings. The monoisotopic (exact) mass is 290 g/mol. The highest BCUT2D eigenvalue weighted by molar-refractivity contribution is 9.10. The van der Waals surface area contributed by atoms with Gasteiger partial charge < -0.3 is 5.73 Å². The van der Waals surface area contributed by atoms with Gasteiger partial charge in [0.15, 0.2) is 0 Å². The van der Waals surface area contributed by atoms with Crippen LogP contribution in [0.3, 0.4) is 0 Å². The second-order valence-electron chi connectivity index (χ2n) is 3.72. The van der Waals surface area contributed by atoms with Crippen molar-refractivity contribution in [2.75, 3.05) is 0 Å². The molecule has 0 saturated heterocycles. The molecule has 1 aromatic heterocycles. The Morgan fingerprint density at radius 1 is 1.53 bits per heavy atom. The number of imidazole rings is 1. The smallest absolute Gasteiger partial charge is 0.217 e. The summed E-state index contributed by atoms with van der Waals surface area (Å²) in [6, 6.07) is 7.77. The van der Waals surface area contributed by atoms with Crippen molar-refractivity contribution >= 4 is 15.9 Å². The number of nitrogens with zero attached hydrogens (tertiary/aromatic N) is 3. The minimum atomic E-state index is -0.105. The van der Waals surface area contributed by atoms with Gasteiger partial charge in [-0.2, -0.15) is 5.26 Å². The van der Waals surface area contributed by atoms with Crippen molar-refractivity contribution in [3.8, 4) is 11.8 Å². The first-order valence-corrected chi connectivity index (χ1v) is 5.91. The number of benzene rings is 1. The molecule has 0 fully saturated rings. The molecule has 1 heterocycles. The van der Waals surface area contributed by atoms with E-state index >= 15 is 0 Å². The van der Waals surface area contributed by atoms with Gasteiger partial charge in [0.25, 0.3) is 0 Å². The predicted octanol–water partition coefficient (Wildman–Crippen LogP) is 2.53. The van der Waals surface area contributed by atoms with Gasteiger partial charge in [0.05, 0.1) is 5.69 Å². The number of aromatic nitrogens is 2. The molecule has 0 spiro atoms. The van der Waals surface area contributed by atoms with Gasteiger partial charge in [-0.05, 0) is 24.6 Å². The number of halogens is 1.